The minimum Gasteiger partial charge on any atom is -0.476 e. The molecule has 0 saturated heterocycles. The molecule has 0 aliphatic carbocycles. The number of hydrogen-bond acceptors (Lipinski definition) is 7. The van der Waals surface area contributed by atoms with Crippen molar-refractivity contribution in [3.63, 3.8) is 0 Å². The Morgan fingerprint density at radius 3 is 2.52 bits per heavy atom. The van der Waals surface area contributed by atoms with E-state index >= 15 is 0 Å². The maximum atomic E-state index is 11.4. The van der Waals surface area contributed by atoms with Gasteiger partial charge in [-0.25, -0.2) is 14.8 Å². The van der Waals surface area contributed by atoms with Crippen molar-refractivity contribution in [1.29, 1.82) is 0 Å². The number of hydrogen-bond donors (Lipinski definition) is 3. The number of carbonyl (C=O) groups is 1. The topological polar surface area (TPSA) is 135 Å². The molecule has 0 spiro atoms. The second-order valence-electron chi connectivity index (χ2n) is 7.62. The summed E-state index contributed by atoms with van der Waals surface area (Å²) in [6, 6.07) is 8.75. The summed E-state index contributed by atoms with van der Waals surface area (Å²) < 4.78 is 5.87. The van der Waals surface area contributed by atoms with Crippen LogP contribution in [0.2, 0.25) is 0 Å². The lowest BCUT2D eigenvalue weighted by molar-refractivity contribution is 0.0786. The van der Waals surface area contributed by atoms with E-state index in [1.54, 1.807) is 26.2 Å². The van der Waals surface area contributed by atoms with E-state index in [9.17, 15) is 9.90 Å². The molecule has 2 amide bonds. The molecule has 164 valence electrons. The van der Waals surface area contributed by atoms with Crippen molar-refractivity contribution in [2.45, 2.75) is 25.9 Å². The van der Waals surface area contributed by atoms with E-state index in [0.717, 1.165) is 11.1 Å². The van der Waals surface area contributed by atoms with Crippen LogP contribution in [0, 0.1) is 0 Å². The summed E-state index contributed by atoms with van der Waals surface area (Å²) in [5.41, 5.74) is 7.89. The highest BCUT2D eigenvalue weighted by molar-refractivity contribution is 5.83. The summed E-state index contributed by atoms with van der Waals surface area (Å²) >= 11 is 0. The van der Waals surface area contributed by atoms with Gasteiger partial charge in [0, 0.05) is 31.0 Å². The van der Waals surface area contributed by atoms with Crippen molar-refractivity contribution in [3.8, 4) is 17.1 Å². The largest absolute Gasteiger partial charge is 0.476 e. The van der Waals surface area contributed by atoms with Gasteiger partial charge in [0.25, 0.3) is 0 Å². The van der Waals surface area contributed by atoms with Crippen LogP contribution in [0.25, 0.3) is 22.3 Å². The Kier molecular flexibility index (Phi) is 6.98. The van der Waals surface area contributed by atoms with E-state index in [-0.39, 0.29) is 19.8 Å². The predicted molar refractivity (Wildman–Crippen MR) is 116 cm³/mol. The maximum Gasteiger partial charge on any atom is 0.314 e. The summed E-state index contributed by atoms with van der Waals surface area (Å²) in [5, 5.41) is 19.2. The Morgan fingerprint density at radius 2 is 1.87 bits per heavy atom. The standard InChI is InChI=1S/C22H27N5O4/c1-22(2,30)16-6-4-15(5-7-16)17-14-18-19(25-9-8-24-18)20(26-17)31-13-3-10-27(11-12-28)21(23)29/h4-9,14,28,30H,3,10-13H2,1-2H3,(H2,23,29). The summed E-state index contributed by atoms with van der Waals surface area (Å²) in [5.74, 6) is 0.347. The van der Waals surface area contributed by atoms with Crippen LogP contribution < -0.4 is 10.5 Å². The highest BCUT2D eigenvalue weighted by Gasteiger charge is 2.17. The van der Waals surface area contributed by atoms with Gasteiger partial charge in [0.15, 0.2) is 5.52 Å². The molecule has 0 atom stereocenters. The van der Waals surface area contributed by atoms with Crippen LogP contribution in [-0.2, 0) is 5.60 Å². The maximum absolute atomic E-state index is 11.4. The molecule has 0 aliphatic rings. The Morgan fingerprint density at radius 1 is 1.16 bits per heavy atom. The van der Waals surface area contributed by atoms with E-state index in [4.69, 9.17) is 15.6 Å². The van der Waals surface area contributed by atoms with Gasteiger partial charge in [-0.05, 0) is 31.9 Å². The predicted octanol–water partition coefficient (Wildman–Crippen LogP) is 2.06. The van der Waals surface area contributed by atoms with Gasteiger partial charge in [-0.15, -0.1) is 0 Å². The molecule has 1 aromatic carbocycles. The van der Waals surface area contributed by atoms with Crippen LogP contribution in [0.5, 0.6) is 5.88 Å². The fourth-order valence-electron chi connectivity index (χ4n) is 3.12. The number of amides is 2. The average molecular weight is 425 g/mol. The lowest BCUT2D eigenvalue weighted by atomic mass is 9.96. The minimum atomic E-state index is -0.927. The number of aromatic nitrogens is 3. The van der Waals surface area contributed by atoms with Crippen molar-refractivity contribution in [2.24, 2.45) is 5.73 Å². The molecule has 0 aliphatic heterocycles. The fourth-order valence-corrected chi connectivity index (χ4v) is 3.12. The number of ether oxygens (including phenoxy) is 1. The van der Waals surface area contributed by atoms with Crippen LogP contribution in [0.1, 0.15) is 25.8 Å². The smallest absolute Gasteiger partial charge is 0.314 e. The SMILES string of the molecule is CC(C)(O)c1ccc(-c2cc3nccnc3c(OCCCN(CCO)C(N)=O)n2)cc1. The Hall–Kier alpha value is -3.30. The Labute approximate surface area is 180 Å². The van der Waals surface area contributed by atoms with Crippen LogP contribution >= 0.6 is 0 Å². The highest BCUT2D eigenvalue weighted by atomic mass is 16.5. The fraction of sp³-hybridized carbons (Fsp3) is 0.364. The number of urea groups is 1. The van der Waals surface area contributed by atoms with E-state index in [1.165, 1.54) is 4.90 Å². The van der Waals surface area contributed by atoms with Gasteiger partial charge in [0.05, 0.1) is 30.0 Å². The van der Waals surface area contributed by atoms with Crippen molar-refractivity contribution >= 4 is 17.1 Å². The van der Waals surface area contributed by atoms with Gasteiger partial charge in [0.1, 0.15) is 0 Å². The number of rotatable bonds is 9. The molecule has 4 N–H and O–H groups in total. The molecule has 9 nitrogen and oxygen atoms in total. The quantitative estimate of drug-likeness (QED) is 0.447. The number of carbonyl (C=O) groups excluding carboxylic acids is 1. The van der Waals surface area contributed by atoms with E-state index in [1.807, 2.05) is 30.3 Å². The highest BCUT2D eigenvalue weighted by Crippen LogP contribution is 2.28. The number of nitrogens with two attached hydrogens (primary N) is 1. The third-order valence-corrected chi connectivity index (χ3v) is 4.80. The third-order valence-electron chi connectivity index (χ3n) is 4.80. The number of benzene rings is 1. The first-order valence-corrected chi connectivity index (χ1v) is 10.0. The molecule has 9 heteroatoms. The zero-order valence-electron chi connectivity index (χ0n) is 17.7. The molecule has 31 heavy (non-hydrogen) atoms. The molecule has 0 bridgehead atoms. The lowest BCUT2D eigenvalue weighted by Crippen LogP contribution is -2.38. The molecular formula is C22H27N5O4. The number of nitrogens with zero attached hydrogens (tertiary/aromatic N) is 4. The monoisotopic (exact) mass is 425 g/mol. The van der Waals surface area contributed by atoms with Crippen molar-refractivity contribution < 1.29 is 19.7 Å². The van der Waals surface area contributed by atoms with Gasteiger partial charge in [-0.1, -0.05) is 24.3 Å². The summed E-state index contributed by atoms with van der Waals surface area (Å²) in [7, 11) is 0. The summed E-state index contributed by atoms with van der Waals surface area (Å²) in [4.78, 5) is 26.0. The molecule has 0 radical (unpaired) electrons. The number of aliphatic hydroxyl groups is 2. The van der Waals surface area contributed by atoms with Crippen LogP contribution in [0.4, 0.5) is 4.79 Å². The third kappa shape index (κ3) is 5.65. The second kappa shape index (κ2) is 9.67. The number of primary amides is 1. The van der Waals surface area contributed by atoms with E-state index < -0.39 is 11.6 Å². The molecule has 0 saturated carbocycles. The summed E-state index contributed by atoms with van der Waals surface area (Å²) in [6.45, 7) is 4.14. The van der Waals surface area contributed by atoms with Crippen LogP contribution in [0.3, 0.4) is 0 Å². The molecule has 3 rings (SSSR count). The van der Waals surface area contributed by atoms with Gasteiger partial charge in [-0.3, -0.25) is 4.98 Å². The van der Waals surface area contributed by atoms with Crippen molar-refractivity contribution in [3.05, 3.63) is 48.3 Å². The van der Waals surface area contributed by atoms with Crippen molar-refractivity contribution in [1.82, 2.24) is 19.9 Å². The molecule has 2 aromatic heterocycles. The first-order valence-electron chi connectivity index (χ1n) is 10.0. The molecule has 3 aromatic rings. The zero-order chi connectivity index (χ0) is 22.4. The number of fused-ring (bicyclic) bond motifs is 1. The summed E-state index contributed by atoms with van der Waals surface area (Å²) in [6.07, 6.45) is 3.69. The number of aliphatic hydroxyl groups excluding tert-OH is 1. The van der Waals surface area contributed by atoms with Crippen LogP contribution in [0.15, 0.2) is 42.7 Å². The zero-order valence-corrected chi connectivity index (χ0v) is 17.7. The lowest BCUT2D eigenvalue weighted by Gasteiger charge is -2.19. The molecular weight excluding hydrogens is 398 g/mol. The van der Waals surface area contributed by atoms with E-state index in [2.05, 4.69) is 15.0 Å². The Bertz CT molecular complexity index is 1030. The molecule has 0 fully saturated rings. The van der Waals surface area contributed by atoms with Crippen LogP contribution in [-0.4, -0.2) is 62.4 Å². The first kappa shape index (κ1) is 22.4. The number of pyridine rings is 1. The average Bonchev–Trinajstić information content (AvgIpc) is 2.75. The first-order chi connectivity index (χ1) is 14.8. The van der Waals surface area contributed by atoms with Gasteiger partial charge in [-0.2, -0.15) is 0 Å². The molecule has 0 unspecified atom stereocenters. The Balaban J connectivity index is 1.80. The van der Waals surface area contributed by atoms with E-state index in [0.29, 0.717) is 35.6 Å². The second-order valence-corrected chi connectivity index (χ2v) is 7.62. The minimum absolute atomic E-state index is 0.153. The van der Waals surface area contributed by atoms with Gasteiger partial charge in [0.2, 0.25) is 5.88 Å². The normalized spacial score (nSPS) is 11.5. The molecule has 2 heterocycles. The van der Waals surface area contributed by atoms with Gasteiger partial charge < -0.3 is 25.6 Å². The van der Waals surface area contributed by atoms with Crippen molar-refractivity contribution in [2.75, 3.05) is 26.3 Å². The van der Waals surface area contributed by atoms with Gasteiger partial charge >= 0.3 is 6.03 Å².